The molecule has 4 aromatic rings. The van der Waals surface area contributed by atoms with E-state index in [1.807, 2.05) is 25.3 Å². The van der Waals surface area contributed by atoms with Crippen LogP contribution in [0.3, 0.4) is 0 Å². The maximum Gasteiger partial charge on any atom is 0.328 e. The number of likely N-dealkylation sites (tertiary alicyclic amines) is 1. The number of hydrogen-bond donors (Lipinski definition) is 1. The van der Waals surface area contributed by atoms with Crippen LogP contribution in [-0.4, -0.2) is 53.0 Å². The van der Waals surface area contributed by atoms with Crippen LogP contribution in [0, 0.1) is 6.92 Å². The molecule has 0 radical (unpaired) electrons. The van der Waals surface area contributed by atoms with Gasteiger partial charge in [-0.3, -0.25) is 9.36 Å². The maximum atomic E-state index is 12.7. The lowest BCUT2D eigenvalue weighted by Crippen LogP contribution is -2.41. The van der Waals surface area contributed by atoms with Crippen molar-refractivity contribution in [2.75, 3.05) is 13.1 Å². The third-order valence-electron chi connectivity index (χ3n) is 5.58. The van der Waals surface area contributed by atoms with Gasteiger partial charge in [-0.25, -0.2) is 19.3 Å². The molecule has 0 saturated carbocycles. The minimum atomic E-state index is -0.224. The van der Waals surface area contributed by atoms with Crippen molar-refractivity contribution < 1.29 is 4.79 Å². The van der Waals surface area contributed by atoms with Gasteiger partial charge in [0, 0.05) is 26.2 Å². The average molecular weight is 391 g/mol. The van der Waals surface area contributed by atoms with Crippen LogP contribution >= 0.6 is 0 Å². The molecule has 1 fully saturated rings. The Bertz CT molecular complexity index is 1300. The highest BCUT2D eigenvalue weighted by Crippen LogP contribution is 2.26. The molecule has 5 heterocycles. The molecule has 5 rings (SSSR count). The summed E-state index contributed by atoms with van der Waals surface area (Å²) in [4.78, 5) is 38.3. The Morgan fingerprint density at radius 2 is 2.17 bits per heavy atom. The van der Waals surface area contributed by atoms with E-state index < -0.39 is 0 Å². The third-order valence-corrected chi connectivity index (χ3v) is 5.58. The molecule has 1 saturated heterocycles. The van der Waals surface area contributed by atoms with E-state index in [4.69, 9.17) is 4.98 Å². The first-order valence-electron chi connectivity index (χ1n) is 9.68. The first kappa shape index (κ1) is 17.6. The van der Waals surface area contributed by atoms with Crippen LogP contribution in [-0.2, 0) is 4.79 Å². The topological polar surface area (TPSA) is 101 Å². The molecule has 0 spiro atoms. The van der Waals surface area contributed by atoms with Gasteiger partial charge in [-0.15, -0.1) is 0 Å². The van der Waals surface area contributed by atoms with Gasteiger partial charge >= 0.3 is 5.69 Å². The number of amides is 1. The first-order chi connectivity index (χ1) is 14.0. The number of carbonyl (C=O) groups excluding carboxylic acids is 1. The molecule has 148 valence electrons. The second-order valence-electron chi connectivity index (χ2n) is 7.58. The lowest BCUT2D eigenvalue weighted by atomic mass is 10.1. The van der Waals surface area contributed by atoms with Crippen LogP contribution < -0.4 is 5.69 Å². The predicted octanol–water partition coefficient (Wildman–Crippen LogP) is 1.93. The van der Waals surface area contributed by atoms with Crippen LogP contribution in [0.2, 0.25) is 0 Å². The summed E-state index contributed by atoms with van der Waals surface area (Å²) < 4.78 is 3.46. The molecule has 1 unspecified atom stereocenters. The van der Waals surface area contributed by atoms with Crippen LogP contribution in [0.4, 0.5) is 0 Å². The number of carbonyl (C=O) groups is 1. The number of imidazole rings is 1. The molecule has 9 nitrogen and oxygen atoms in total. The second-order valence-corrected chi connectivity index (χ2v) is 7.58. The summed E-state index contributed by atoms with van der Waals surface area (Å²) in [7, 11) is 0. The van der Waals surface area contributed by atoms with Gasteiger partial charge in [-0.2, -0.15) is 5.10 Å². The van der Waals surface area contributed by atoms with Gasteiger partial charge in [0.05, 0.1) is 29.5 Å². The Kier molecular flexibility index (Phi) is 3.97. The number of aromatic amines is 1. The molecule has 9 heteroatoms. The fraction of sp³-hybridized carbons (Fsp3) is 0.350. The van der Waals surface area contributed by atoms with Gasteiger partial charge in [-0.05, 0) is 37.5 Å². The standard InChI is InChI=1S/C20H21N7O2/c1-12-5-7-26-17(8-12)15(9-22-26)18-21-10-16-19(24-18)27(20(29)23-16)14-4-3-6-25(11-14)13(2)28/h5,7-10,14H,3-4,6,11H2,1-2H3,(H,23,29). The van der Waals surface area contributed by atoms with Crippen molar-refractivity contribution >= 4 is 22.6 Å². The Balaban J connectivity index is 1.63. The highest BCUT2D eigenvalue weighted by Gasteiger charge is 2.26. The number of nitrogens with zero attached hydrogens (tertiary/aromatic N) is 6. The fourth-order valence-electron chi connectivity index (χ4n) is 4.09. The van der Waals surface area contributed by atoms with E-state index in [1.165, 1.54) is 0 Å². The number of fused-ring (bicyclic) bond motifs is 2. The average Bonchev–Trinajstić information content (AvgIpc) is 3.27. The van der Waals surface area contributed by atoms with Crippen LogP contribution in [0.1, 0.15) is 31.4 Å². The number of aromatic nitrogens is 6. The van der Waals surface area contributed by atoms with Gasteiger partial charge in [0.15, 0.2) is 11.5 Å². The predicted molar refractivity (Wildman–Crippen MR) is 108 cm³/mol. The molecular weight excluding hydrogens is 370 g/mol. The number of hydrogen-bond acceptors (Lipinski definition) is 5. The van der Waals surface area contributed by atoms with Crippen molar-refractivity contribution in [1.82, 2.24) is 34.0 Å². The summed E-state index contributed by atoms with van der Waals surface area (Å²) >= 11 is 0. The molecule has 0 aromatic carbocycles. The summed E-state index contributed by atoms with van der Waals surface area (Å²) in [5.41, 5.74) is 3.76. The molecule has 1 amide bonds. The largest absolute Gasteiger partial charge is 0.341 e. The van der Waals surface area contributed by atoms with Gasteiger partial charge < -0.3 is 9.88 Å². The highest BCUT2D eigenvalue weighted by molar-refractivity contribution is 5.79. The summed E-state index contributed by atoms with van der Waals surface area (Å²) in [6, 6.07) is 3.91. The molecular formula is C20H21N7O2. The number of nitrogens with one attached hydrogen (secondary N) is 1. The lowest BCUT2D eigenvalue weighted by Gasteiger charge is -2.32. The molecule has 1 atom stereocenters. The van der Waals surface area contributed by atoms with E-state index in [0.29, 0.717) is 23.5 Å². The number of H-pyrrole nitrogens is 1. The third kappa shape index (κ3) is 2.89. The van der Waals surface area contributed by atoms with E-state index in [2.05, 4.69) is 15.1 Å². The normalized spacial score (nSPS) is 17.3. The summed E-state index contributed by atoms with van der Waals surface area (Å²) in [5, 5.41) is 4.38. The molecule has 0 aliphatic carbocycles. The second kappa shape index (κ2) is 6.54. The maximum absolute atomic E-state index is 12.7. The number of pyridine rings is 1. The molecule has 1 N–H and O–H groups in total. The van der Waals surface area contributed by atoms with Crippen LogP contribution in [0.5, 0.6) is 0 Å². The van der Waals surface area contributed by atoms with Crippen molar-refractivity contribution in [3.63, 3.8) is 0 Å². The van der Waals surface area contributed by atoms with Gasteiger partial charge in [0.2, 0.25) is 5.91 Å². The molecule has 4 aromatic heterocycles. The molecule has 0 bridgehead atoms. The van der Waals surface area contributed by atoms with Gasteiger partial charge in [-0.1, -0.05) is 0 Å². The number of piperidine rings is 1. The Labute approximate surface area is 166 Å². The van der Waals surface area contributed by atoms with E-state index >= 15 is 0 Å². The Morgan fingerprint density at radius 1 is 1.31 bits per heavy atom. The van der Waals surface area contributed by atoms with E-state index in [1.54, 1.807) is 33.3 Å². The lowest BCUT2D eigenvalue weighted by molar-refractivity contribution is -0.130. The van der Waals surface area contributed by atoms with Crippen LogP contribution in [0.15, 0.2) is 35.5 Å². The Hall–Kier alpha value is -3.49. The highest BCUT2D eigenvalue weighted by atomic mass is 16.2. The summed E-state index contributed by atoms with van der Waals surface area (Å²) in [5.74, 6) is 0.546. The van der Waals surface area contributed by atoms with Crippen molar-refractivity contribution in [3.8, 4) is 11.4 Å². The fourth-order valence-corrected chi connectivity index (χ4v) is 4.09. The quantitative estimate of drug-likeness (QED) is 0.563. The SMILES string of the molecule is CC(=O)N1CCCC(n2c(=O)[nH]c3cnc(-c4cnn5ccc(C)cc45)nc32)C1. The van der Waals surface area contributed by atoms with Crippen molar-refractivity contribution in [3.05, 3.63) is 46.8 Å². The smallest absolute Gasteiger partial charge is 0.328 e. The zero-order chi connectivity index (χ0) is 20.1. The van der Waals surface area contributed by atoms with Crippen molar-refractivity contribution in [1.29, 1.82) is 0 Å². The summed E-state index contributed by atoms with van der Waals surface area (Å²) in [6.45, 7) is 4.82. The monoisotopic (exact) mass is 391 g/mol. The van der Waals surface area contributed by atoms with E-state index in [9.17, 15) is 9.59 Å². The number of rotatable bonds is 2. The van der Waals surface area contributed by atoms with Gasteiger partial charge in [0.1, 0.15) is 5.52 Å². The Morgan fingerprint density at radius 3 is 3.00 bits per heavy atom. The minimum absolute atomic E-state index is 0.0274. The molecule has 29 heavy (non-hydrogen) atoms. The summed E-state index contributed by atoms with van der Waals surface area (Å²) in [6.07, 6.45) is 6.96. The van der Waals surface area contributed by atoms with Crippen molar-refractivity contribution in [2.24, 2.45) is 0 Å². The van der Waals surface area contributed by atoms with E-state index in [-0.39, 0.29) is 17.6 Å². The first-order valence-corrected chi connectivity index (χ1v) is 9.68. The van der Waals surface area contributed by atoms with Crippen LogP contribution in [0.25, 0.3) is 28.1 Å². The minimum Gasteiger partial charge on any atom is -0.341 e. The zero-order valence-corrected chi connectivity index (χ0v) is 16.3. The molecule has 1 aliphatic rings. The molecule has 1 aliphatic heterocycles. The number of aryl methyl sites for hydroxylation is 1. The zero-order valence-electron chi connectivity index (χ0n) is 16.3. The van der Waals surface area contributed by atoms with Gasteiger partial charge in [0.25, 0.3) is 0 Å². The van der Waals surface area contributed by atoms with Crippen molar-refractivity contribution in [2.45, 2.75) is 32.7 Å². The van der Waals surface area contributed by atoms with E-state index in [0.717, 1.165) is 36.0 Å².